The Morgan fingerprint density at radius 2 is 1.77 bits per heavy atom. The number of aliphatic hydroxyl groups is 2. The van der Waals surface area contributed by atoms with Crippen molar-refractivity contribution < 1.29 is 28.3 Å². The maximum atomic E-state index is 14.4. The van der Waals surface area contributed by atoms with E-state index in [-0.39, 0.29) is 46.4 Å². The molecule has 3 N–H and O–H groups in total. The van der Waals surface area contributed by atoms with Gasteiger partial charge in [0.2, 0.25) is 0 Å². The molecule has 2 saturated heterocycles. The minimum atomic E-state index is -2.69. The van der Waals surface area contributed by atoms with Crippen LogP contribution in [0.4, 0.5) is 10.2 Å². The first-order valence-corrected chi connectivity index (χ1v) is 23.7. The van der Waals surface area contributed by atoms with E-state index in [1.54, 1.807) is 11.1 Å². The molecule has 1 aromatic heterocycles. The summed E-state index contributed by atoms with van der Waals surface area (Å²) in [5.41, 5.74) is 0.271. The van der Waals surface area contributed by atoms with E-state index < -0.39 is 36.1 Å². The molecule has 0 aliphatic carbocycles. The van der Waals surface area contributed by atoms with Crippen LogP contribution in [0.15, 0.2) is 34.8 Å². The topological polar surface area (TPSA) is 144 Å². The smallest absolute Gasteiger partial charge is 0.258 e. The molecule has 2 aliphatic heterocycles. The van der Waals surface area contributed by atoms with E-state index in [0.29, 0.717) is 36.7 Å². The van der Waals surface area contributed by atoms with E-state index in [1.165, 1.54) is 24.5 Å². The van der Waals surface area contributed by atoms with Gasteiger partial charge in [-0.1, -0.05) is 27.7 Å². The van der Waals surface area contributed by atoms with Gasteiger partial charge in [0.25, 0.3) is 5.91 Å². The van der Waals surface area contributed by atoms with E-state index in [1.807, 2.05) is 34.6 Å². The average Bonchev–Trinajstić information content (AvgIpc) is 3.06. The van der Waals surface area contributed by atoms with Crippen molar-refractivity contribution >= 4 is 29.9 Å². The van der Waals surface area contributed by atoms with Crippen LogP contribution in [0.25, 0.3) is 0 Å². The number of carbonyl (C=O) groups is 1. The minimum absolute atomic E-state index is 0.0446. The highest BCUT2D eigenvalue weighted by Gasteiger charge is 2.46. The second-order valence-corrected chi connectivity index (χ2v) is 24.5. The second kappa shape index (κ2) is 17.4. The number of aliphatic hydroxyl groups excluding tert-OH is 2. The van der Waals surface area contributed by atoms with Crippen LogP contribution in [-0.4, -0.2) is 118 Å². The number of benzene rings is 1. The molecule has 0 bridgehead atoms. The first-order chi connectivity index (χ1) is 24.7. The number of halogens is 1. The summed E-state index contributed by atoms with van der Waals surface area (Å²) in [6.45, 7) is 23.9. The standard InChI is InChI=1S/C38H64FN7O5SSi/c1-11-52(50,43-53(9,10)37(6,7)8)42-30(23-47)13-14-31(48)22-44-18-16-38(17-19-44)24-45(25-38)35-34(21-40-26-41-35)51-33-15-12-29(39)20-32(33)36(49)46(27(2)3)28(4)5/h12,15,20-21,26-28,30-31,47-48H,11,13-14,16-19,22-25H2,1-10H3,(H,42,43,50)/t30-,31+,52?/m1/s1. The fourth-order valence-corrected chi connectivity index (χ4v) is 12.7. The Hall–Kier alpha value is -2.69. The van der Waals surface area contributed by atoms with Crippen LogP contribution in [0.1, 0.15) is 91.4 Å². The van der Waals surface area contributed by atoms with Gasteiger partial charge in [-0.2, -0.15) is 0 Å². The Kier molecular flexibility index (Phi) is 14.1. The summed E-state index contributed by atoms with van der Waals surface area (Å²) >= 11 is 0. The lowest BCUT2D eigenvalue weighted by molar-refractivity contribution is 0.0386. The summed E-state index contributed by atoms with van der Waals surface area (Å²) in [5, 5.41) is 21.0. The van der Waals surface area contributed by atoms with Gasteiger partial charge in [0.15, 0.2) is 19.8 Å². The summed E-state index contributed by atoms with van der Waals surface area (Å²) in [5.74, 6) is 0.836. The molecule has 12 nitrogen and oxygen atoms in total. The highest BCUT2D eigenvalue weighted by atomic mass is 32.2. The van der Waals surface area contributed by atoms with Crippen molar-refractivity contribution in [1.82, 2.24) is 24.5 Å². The Labute approximate surface area is 318 Å². The summed E-state index contributed by atoms with van der Waals surface area (Å²) in [6, 6.07) is 3.42. The van der Waals surface area contributed by atoms with Gasteiger partial charge in [0, 0.05) is 48.9 Å². The molecule has 53 heavy (non-hydrogen) atoms. The lowest BCUT2D eigenvalue weighted by atomic mass is 9.72. The first-order valence-electron chi connectivity index (χ1n) is 19.1. The van der Waals surface area contributed by atoms with Gasteiger partial charge < -0.3 is 29.6 Å². The monoisotopic (exact) mass is 777 g/mol. The molecule has 298 valence electrons. The van der Waals surface area contributed by atoms with E-state index in [9.17, 15) is 23.6 Å². The van der Waals surface area contributed by atoms with E-state index in [2.05, 4.69) is 58.4 Å². The zero-order chi connectivity index (χ0) is 39.4. The Balaban J connectivity index is 1.32. The van der Waals surface area contributed by atoms with Crippen LogP contribution in [-0.2, 0) is 9.92 Å². The lowest BCUT2D eigenvalue weighted by Crippen LogP contribution is -2.61. The molecule has 15 heteroatoms. The van der Waals surface area contributed by atoms with Gasteiger partial charge in [0.1, 0.15) is 17.9 Å². The normalized spacial score (nSPS) is 18.8. The third-order valence-corrected chi connectivity index (χ3v) is 19.3. The molecule has 2 aromatic rings. The maximum Gasteiger partial charge on any atom is 0.258 e. The number of β-amino-alcohol motifs (C(OH)–C–C–N with tert-alkyl or cyclic N) is 1. The van der Waals surface area contributed by atoms with Crippen molar-refractivity contribution in [2.45, 2.75) is 123 Å². The molecule has 3 atom stereocenters. The molecule has 1 amide bonds. The maximum absolute atomic E-state index is 14.4. The molecule has 3 heterocycles. The second-order valence-electron chi connectivity index (χ2n) is 17.1. The van der Waals surface area contributed by atoms with Gasteiger partial charge >= 0.3 is 0 Å². The highest BCUT2D eigenvalue weighted by Crippen LogP contribution is 2.45. The highest BCUT2D eigenvalue weighted by molar-refractivity contribution is 7.92. The summed E-state index contributed by atoms with van der Waals surface area (Å²) in [7, 11) is -4.86. The van der Waals surface area contributed by atoms with Crippen LogP contribution in [0.3, 0.4) is 0 Å². The SMILES string of the molecule is CCS(=O)(=N[Si](C)(C)C(C)(C)C)N[C@@H](CO)CC[C@H](O)CN1CCC2(CC1)CN(c1ncncc1Oc1ccc(F)cc1C(=O)N(C(C)C)C(C)C)C2. The molecular weight excluding hydrogens is 714 g/mol. The molecule has 1 aromatic carbocycles. The van der Waals surface area contributed by atoms with Crippen molar-refractivity contribution in [2.24, 2.45) is 9.44 Å². The number of aromatic nitrogens is 2. The van der Waals surface area contributed by atoms with E-state index in [0.717, 1.165) is 39.0 Å². The number of ether oxygens (including phenoxy) is 1. The van der Waals surface area contributed by atoms with Crippen LogP contribution < -0.4 is 14.4 Å². The molecule has 1 spiro atoms. The fraction of sp³-hybridized carbons (Fsp3) is 0.711. The number of likely N-dealkylation sites (tertiary alicyclic amines) is 1. The number of rotatable bonds is 16. The summed E-state index contributed by atoms with van der Waals surface area (Å²) < 4.78 is 42.4. The predicted molar refractivity (Wildman–Crippen MR) is 213 cm³/mol. The van der Waals surface area contributed by atoms with Crippen LogP contribution in [0.5, 0.6) is 11.5 Å². The molecule has 1 unspecified atom stereocenters. The quantitative estimate of drug-likeness (QED) is 0.173. The van der Waals surface area contributed by atoms with Gasteiger partial charge in [-0.05, 0) is 103 Å². The number of nitrogens with zero attached hydrogens (tertiary/aromatic N) is 6. The molecular formula is C38H64FN7O5SSi. The largest absolute Gasteiger partial charge is 0.451 e. The van der Waals surface area contributed by atoms with Crippen molar-refractivity contribution in [1.29, 1.82) is 0 Å². The van der Waals surface area contributed by atoms with Crippen molar-refractivity contribution in [3.05, 3.63) is 42.1 Å². The summed E-state index contributed by atoms with van der Waals surface area (Å²) in [4.78, 5) is 28.5. The summed E-state index contributed by atoms with van der Waals surface area (Å²) in [6.07, 6.45) is 5.43. The number of carbonyl (C=O) groups excluding carboxylic acids is 1. The van der Waals surface area contributed by atoms with Gasteiger partial charge in [0.05, 0.1) is 34.4 Å². The van der Waals surface area contributed by atoms with Crippen molar-refractivity contribution in [3.63, 3.8) is 0 Å². The van der Waals surface area contributed by atoms with Crippen LogP contribution in [0, 0.1) is 11.2 Å². The van der Waals surface area contributed by atoms with Gasteiger partial charge in [-0.25, -0.2) is 23.3 Å². The Bertz CT molecular complexity index is 1660. The Morgan fingerprint density at radius 1 is 1.13 bits per heavy atom. The van der Waals surface area contributed by atoms with Crippen molar-refractivity contribution in [2.75, 3.05) is 50.0 Å². The number of nitrogens with one attached hydrogen (secondary N) is 1. The van der Waals surface area contributed by atoms with Gasteiger partial charge in [-0.15, -0.1) is 0 Å². The van der Waals surface area contributed by atoms with Crippen LogP contribution >= 0.6 is 0 Å². The molecule has 2 fully saturated rings. The molecule has 0 saturated carbocycles. The minimum Gasteiger partial charge on any atom is -0.451 e. The zero-order valence-corrected chi connectivity index (χ0v) is 35.4. The molecule has 0 radical (unpaired) electrons. The van der Waals surface area contributed by atoms with Crippen molar-refractivity contribution in [3.8, 4) is 11.5 Å². The Morgan fingerprint density at radius 3 is 2.34 bits per heavy atom. The number of hydrogen-bond donors (Lipinski definition) is 3. The van der Waals surface area contributed by atoms with E-state index >= 15 is 0 Å². The van der Waals surface area contributed by atoms with E-state index in [4.69, 9.17) is 8.77 Å². The molecule has 2 aliphatic rings. The third kappa shape index (κ3) is 10.8. The lowest BCUT2D eigenvalue weighted by Gasteiger charge is -2.54. The average molecular weight is 778 g/mol. The third-order valence-electron chi connectivity index (χ3n) is 11.2. The number of piperidine rings is 1. The zero-order valence-electron chi connectivity index (χ0n) is 33.6. The number of hydrogen-bond acceptors (Lipinski definition) is 10. The fourth-order valence-electron chi connectivity index (χ4n) is 7.05. The first kappa shape index (κ1) is 43.0. The number of anilines is 1. The predicted octanol–water partition coefficient (Wildman–Crippen LogP) is 6.07. The number of amides is 1. The van der Waals surface area contributed by atoms with Crippen LogP contribution in [0.2, 0.25) is 18.1 Å². The molecule has 4 rings (SSSR count). The van der Waals surface area contributed by atoms with Gasteiger partial charge in [-0.3, -0.25) is 8.82 Å².